The average Bonchev–Trinajstić information content (AvgIpc) is 2.78. The summed E-state index contributed by atoms with van der Waals surface area (Å²) in [4.78, 5) is 12.5. The number of anilines is 1. The molecule has 0 heterocycles. The summed E-state index contributed by atoms with van der Waals surface area (Å²) in [6, 6.07) is 24.2. The molecule has 0 spiro atoms. The predicted molar refractivity (Wildman–Crippen MR) is 120 cm³/mol. The van der Waals surface area contributed by atoms with Crippen LogP contribution in [0.3, 0.4) is 0 Å². The molecule has 30 heavy (non-hydrogen) atoms. The Bertz CT molecular complexity index is 1100. The number of para-hydroxylation sites is 1. The van der Waals surface area contributed by atoms with E-state index in [-0.39, 0.29) is 5.57 Å². The summed E-state index contributed by atoms with van der Waals surface area (Å²) >= 11 is 3.37. The minimum Gasteiger partial charge on any atom is -0.493 e. The van der Waals surface area contributed by atoms with Gasteiger partial charge in [-0.1, -0.05) is 48.5 Å². The number of ether oxygens (including phenoxy) is 2. The number of nitriles is 1. The molecule has 0 saturated heterocycles. The van der Waals surface area contributed by atoms with Gasteiger partial charge in [-0.25, -0.2) is 0 Å². The second kappa shape index (κ2) is 10.3. The molecule has 0 aliphatic carbocycles. The number of benzene rings is 3. The molecule has 1 amide bonds. The van der Waals surface area contributed by atoms with E-state index in [2.05, 4.69) is 21.2 Å². The lowest BCUT2D eigenvalue weighted by Gasteiger charge is -2.12. The molecule has 0 aliphatic rings. The second-order valence-electron chi connectivity index (χ2n) is 6.29. The number of rotatable bonds is 7. The van der Waals surface area contributed by atoms with Gasteiger partial charge in [0.2, 0.25) is 0 Å². The summed E-state index contributed by atoms with van der Waals surface area (Å²) in [5.41, 5.74) is 2.26. The molecule has 3 aromatic carbocycles. The van der Waals surface area contributed by atoms with Gasteiger partial charge in [0.1, 0.15) is 18.2 Å². The lowest BCUT2D eigenvalue weighted by Crippen LogP contribution is -2.13. The lowest BCUT2D eigenvalue weighted by atomic mass is 10.1. The van der Waals surface area contributed by atoms with Crippen LogP contribution < -0.4 is 14.8 Å². The van der Waals surface area contributed by atoms with E-state index >= 15 is 0 Å². The van der Waals surface area contributed by atoms with Gasteiger partial charge in [0.25, 0.3) is 5.91 Å². The number of hydrogen-bond acceptors (Lipinski definition) is 4. The number of carbonyl (C=O) groups excluding carboxylic acids is 1. The maximum Gasteiger partial charge on any atom is 0.266 e. The first-order valence-corrected chi connectivity index (χ1v) is 9.92. The maximum absolute atomic E-state index is 12.5. The van der Waals surface area contributed by atoms with Crippen LogP contribution in [0.25, 0.3) is 6.08 Å². The summed E-state index contributed by atoms with van der Waals surface area (Å²) in [5, 5.41) is 12.2. The third-order valence-electron chi connectivity index (χ3n) is 4.22. The Labute approximate surface area is 183 Å². The quantitative estimate of drug-likeness (QED) is 0.367. The molecule has 0 unspecified atom stereocenters. The highest BCUT2D eigenvalue weighted by Gasteiger charge is 2.12. The number of nitrogens with zero attached hydrogens (tertiary/aromatic N) is 1. The highest BCUT2D eigenvalue weighted by Crippen LogP contribution is 2.30. The Morgan fingerprint density at radius 3 is 2.50 bits per heavy atom. The van der Waals surface area contributed by atoms with E-state index < -0.39 is 5.91 Å². The summed E-state index contributed by atoms with van der Waals surface area (Å²) in [6.07, 6.45) is 1.51. The van der Waals surface area contributed by atoms with Crippen LogP contribution in [0.2, 0.25) is 0 Å². The minimum absolute atomic E-state index is 0.0224. The van der Waals surface area contributed by atoms with Crippen molar-refractivity contribution < 1.29 is 14.3 Å². The molecule has 0 aliphatic heterocycles. The van der Waals surface area contributed by atoms with Gasteiger partial charge in [-0.15, -0.1) is 0 Å². The van der Waals surface area contributed by atoms with Gasteiger partial charge in [0.05, 0.1) is 12.8 Å². The number of amides is 1. The normalized spacial score (nSPS) is 10.8. The van der Waals surface area contributed by atoms with Crippen LogP contribution >= 0.6 is 15.9 Å². The summed E-state index contributed by atoms with van der Waals surface area (Å²) in [7, 11) is 1.54. The fraction of sp³-hybridized carbons (Fsp3) is 0.0833. The van der Waals surface area contributed by atoms with E-state index in [1.807, 2.05) is 48.5 Å². The van der Waals surface area contributed by atoms with Gasteiger partial charge in [-0.2, -0.15) is 5.26 Å². The molecule has 3 rings (SSSR count). The molecular weight excluding hydrogens is 444 g/mol. The van der Waals surface area contributed by atoms with Crippen molar-refractivity contribution in [2.45, 2.75) is 6.61 Å². The van der Waals surface area contributed by atoms with Crippen molar-refractivity contribution in [3.8, 4) is 17.6 Å². The molecule has 1 N–H and O–H groups in total. The Balaban J connectivity index is 1.76. The largest absolute Gasteiger partial charge is 0.493 e. The van der Waals surface area contributed by atoms with Crippen LogP contribution in [0.15, 0.2) is 82.8 Å². The Kier molecular flexibility index (Phi) is 7.25. The fourth-order valence-corrected chi connectivity index (χ4v) is 3.08. The molecule has 0 bridgehead atoms. The average molecular weight is 463 g/mol. The minimum atomic E-state index is -0.493. The topological polar surface area (TPSA) is 71.3 Å². The monoisotopic (exact) mass is 462 g/mol. The zero-order valence-electron chi connectivity index (χ0n) is 16.3. The van der Waals surface area contributed by atoms with Gasteiger partial charge in [0, 0.05) is 4.47 Å². The van der Waals surface area contributed by atoms with Gasteiger partial charge in [-0.3, -0.25) is 4.79 Å². The van der Waals surface area contributed by atoms with Crippen LogP contribution in [-0.2, 0) is 11.4 Å². The second-order valence-corrected chi connectivity index (χ2v) is 7.14. The summed E-state index contributed by atoms with van der Waals surface area (Å²) in [6.45, 7) is 0.407. The van der Waals surface area contributed by atoms with E-state index in [9.17, 15) is 10.1 Å². The molecule has 6 heteroatoms. The fourth-order valence-electron chi connectivity index (χ4n) is 2.70. The van der Waals surface area contributed by atoms with E-state index in [1.54, 1.807) is 37.4 Å². The van der Waals surface area contributed by atoms with E-state index in [4.69, 9.17) is 9.47 Å². The summed E-state index contributed by atoms with van der Waals surface area (Å²) < 4.78 is 12.0. The first-order chi connectivity index (χ1) is 14.6. The first-order valence-electron chi connectivity index (χ1n) is 9.13. The number of methoxy groups -OCH3 is 1. The number of halogens is 1. The van der Waals surface area contributed by atoms with Crippen molar-refractivity contribution in [1.29, 1.82) is 5.26 Å². The highest BCUT2D eigenvalue weighted by molar-refractivity contribution is 9.10. The third-order valence-corrected chi connectivity index (χ3v) is 4.91. The van der Waals surface area contributed by atoms with Gasteiger partial charge >= 0.3 is 0 Å². The number of nitrogens with one attached hydrogen (secondary N) is 1. The van der Waals surface area contributed by atoms with Crippen molar-refractivity contribution in [3.63, 3.8) is 0 Å². The van der Waals surface area contributed by atoms with Crippen LogP contribution in [0.4, 0.5) is 5.69 Å². The van der Waals surface area contributed by atoms with Crippen molar-refractivity contribution >= 4 is 33.6 Å². The van der Waals surface area contributed by atoms with Gasteiger partial charge in [0.15, 0.2) is 11.5 Å². The molecule has 3 aromatic rings. The SMILES string of the molecule is COc1cc(C=C(C#N)C(=O)Nc2ccccc2Br)ccc1OCc1ccccc1. The zero-order chi connectivity index (χ0) is 21.3. The van der Waals surface area contributed by atoms with Crippen molar-refractivity contribution in [2.24, 2.45) is 0 Å². The predicted octanol–water partition coefficient (Wildman–Crippen LogP) is 5.58. The van der Waals surface area contributed by atoms with Crippen molar-refractivity contribution in [1.82, 2.24) is 0 Å². The third kappa shape index (κ3) is 5.49. The van der Waals surface area contributed by atoms with Crippen molar-refractivity contribution in [3.05, 3.63) is 94.0 Å². The summed E-state index contributed by atoms with van der Waals surface area (Å²) in [5.74, 6) is 0.602. The molecule has 0 saturated carbocycles. The first kappa shape index (κ1) is 21.2. The van der Waals surface area contributed by atoms with Crippen LogP contribution in [-0.4, -0.2) is 13.0 Å². The lowest BCUT2D eigenvalue weighted by molar-refractivity contribution is -0.112. The molecule has 5 nitrogen and oxygen atoms in total. The standard InChI is InChI=1S/C24H19BrN2O3/c1-29-23-14-18(11-12-22(23)30-16-17-7-3-2-4-8-17)13-19(15-26)24(28)27-21-10-6-5-9-20(21)25/h2-14H,16H2,1H3,(H,27,28). The molecular formula is C24H19BrN2O3. The van der Waals surface area contributed by atoms with Crippen LogP contribution in [0, 0.1) is 11.3 Å². The molecule has 0 fully saturated rings. The van der Waals surface area contributed by atoms with E-state index in [0.717, 1.165) is 10.0 Å². The Hall–Kier alpha value is -3.56. The molecule has 0 atom stereocenters. The maximum atomic E-state index is 12.5. The highest BCUT2D eigenvalue weighted by atomic mass is 79.9. The Morgan fingerprint density at radius 2 is 1.80 bits per heavy atom. The van der Waals surface area contributed by atoms with Crippen molar-refractivity contribution in [2.75, 3.05) is 12.4 Å². The smallest absolute Gasteiger partial charge is 0.266 e. The molecule has 150 valence electrons. The molecule has 0 radical (unpaired) electrons. The Morgan fingerprint density at radius 1 is 1.07 bits per heavy atom. The molecule has 0 aromatic heterocycles. The van der Waals surface area contributed by atoms with Gasteiger partial charge < -0.3 is 14.8 Å². The zero-order valence-corrected chi connectivity index (χ0v) is 17.8. The van der Waals surface area contributed by atoms with E-state index in [0.29, 0.717) is 29.4 Å². The van der Waals surface area contributed by atoms with Crippen LogP contribution in [0.1, 0.15) is 11.1 Å². The van der Waals surface area contributed by atoms with Crippen LogP contribution in [0.5, 0.6) is 11.5 Å². The number of carbonyl (C=O) groups is 1. The van der Waals surface area contributed by atoms with E-state index in [1.165, 1.54) is 6.08 Å². The number of hydrogen-bond donors (Lipinski definition) is 1. The van der Waals surface area contributed by atoms with Gasteiger partial charge in [-0.05, 0) is 57.4 Å².